The largest absolute Gasteiger partial charge is 0.384 e. The Morgan fingerprint density at radius 1 is 1.08 bits per heavy atom. The van der Waals surface area contributed by atoms with Gasteiger partial charge in [-0.2, -0.15) is 0 Å². The minimum atomic E-state index is -1.48. The first kappa shape index (κ1) is 18.5. The second-order valence-electron chi connectivity index (χ2n) is 5.88. The summed E-state index contributed by atoms with van der Waals surface area (Å²) in [4.78, 5) is 23.7. The van der Waals surface area contributed by atoms with Gasteiger partial charge in [0.2, 0.25) is 0 Å². The molecule has 2 aromatic rings. The average Bonchev–Trinajstić information content (AvgIpc) is 2.56. The monoisotopic (exact) mass is 348 g/mol. The zero-order valence-corrected chi connectivity index (χ0v) is 13.8. The van der Waals surface area contributed by atoms with Crippen molar-refractivity contribution in [1.29, 1.82) is 0 Å². The first-order valence-electron chi connectivity index (χ1n) is 7.53. The van der Waals surface area contributed by atoms with Crippen LogP contribution >= 0.6 is 0 Å². The number of carbonyl (C=O) groups is 2. The fourth-order valence-corrected chi connectivity index (χ4v) is 2.15. The molecule has 0 aromatic heterocycles. The molecule has 0 aliphatic carbocycles. The van der Waals surface area contributed by atoms with E-state index >= 15 is 0 Å². The zero-order valence-electron chi connectivity index (χ0n) is 13.8. The standard InChI is InChI=1S/C18H18F2N2O3/c1-11-9-14(7-8-15(11)20)22-17(24)16(23)21-10-18(2,25)12-3-5-13(19)6-4-12/h3-9,25H,10H2,1-2H3,(H,21,23)(H,22,24). The van der Waals surface area contributed by atoms with Gasteiger partial charge in [-0.25, -0.2) is 8.78 Å². The summed E-state index contributed by atoms with van der Waals surface area (Å²) in [5.41, 5.74) is -0.471. The number of aliphatic hydroxyl groups is 1. The SMILES string of the molecule is Cc1cc(NC(=O)C(=O)NCC(C)(O)c2ccc(F)cc2)ccc1F. The number of rotatable bonds is 4. The van der Waals surface area contributed by atoms with Crippen LogP contribution in [0.3, 0.4) is 0 Å². The van der Waals surface area contributed by atoms with E-state index in [-0.39, 0.29) is 12.2 Å². The number of amides is 2. The second kappa shape index (κ2) is 7.40. The third kappa shape index (κ3) is 4.84. The van der Waals surface area contributed by atoms with Crippen LogP contribution in [0.1, 0.15) is 18.1 Å². The van der Waals surface area contributed by atoms with E-state index in [4.69, 9.17) is 0 Å². The number of hydrogen-bond donors (Lipinski definition) is 3. The van der Waals surface area contributed by atoms with Gasteiger partial charge < -0.3 is 15.7 Å². The van der Waals surface area contributed by atoms with Crippen molar-refractivity contribution in [2.45, 2.75) is 19.4 Å². The van der Waals surface area contributed by atoms with Crippen LogP contribution in [-0.4, -0.2) is 23.5 Å². The molecule has 0 saturated heterocycles. The van der Waals surface area contributed by atoms with Gasteiger partial charge in [-0.15, -0.1) is 0 Å². The molecular formula is C18H18F2N2O3. The van der Waals surface area contributed by atoms with E-state index in [2.05, 4.69) is 10.6 Å². The van der Waals surface area contributed by atoms with E-state index in [1.54, 1.807) is 0 Å². The lowest BCUT2D eigenvalue weighted by atomic mass is 9.96. The number of halogens is 2. The van der Waals surface area contributed by atoms with E-state index in [0.29, 0.717) is 11.1 Å². The smallest absolute Gasteiger partial charge is 0.313 e. The van der Waals surface area contributed by atoms with E-state index in [9.17, 15) is 23.5 Å². The molecule has 25 heavy (non-hydrogen) atoms. The highest BCUT2D eigenvalue weighted by Gasteiger charge is 2.25. The van der Waals surface area contributed by atoms with Crippen molar-refractivity contribution < 1.29 is 23.5 Å². The normalized spacial score (nSPS) is 13.0. The van der Waals surface area contributed by atoms with E-state index < -0.39 is 29.0 Å². The van der Waals surface area contributed by atoms with Crippen molar-refractivity contribution in [2.75, 3.05) is 11.9 Å². The van der Waals surface area contributed by atoms with Crippen LogP contribution in [-0.2, 0) is 15.2 Å². The van der Waals surface area contributed by atoms with Crippen LogP contribution < -0.4 is 10.6 Å². The van der Waals surface area contributed by atoms with Crippen molar-refractivity contribution >= 4 is 17.5 Å². The van der Waals surface area contributed by atoms with Gasteiger partial charge in [-0.3, -0.25) is 9.59 Å². The molecule has 0 aliphatic heterocycles. The Labute approximate surface area is 143 Å². The lowest BCUT2D eigenvalue weighted by molar-refractivity contribution is -0.136. The summed E-state index contributed by atoms with van der Waals surface area (Å²) in [5, 5.41) is 15.0. The van der Waals surface area contributed by atoms with Gasteiger partial charge in [0.05, 0.1) is 6.54 Å². The molecule has 0 saturated carbocycles. The number of hydrogen-bond acceptors (Lipinski definition) is 3. The lowest BCUT2D eigenvalue weighted by Gasteiger charge is -2.24. The molecule has 7 heteroatoms. The summed E-state index contributed by atoms with van der Waals surface area (Å²) >= 11 is 0. The Morgan fingerprint density at radius 2 is 1.72 bits per heavy atom. The molecule has 0 spiro atoms. The van der Waals surface area contributed by atoms with Gasteiger partial charge in [0.15, 0.2) is 0 Å². The minimum Gasteiger partial charge on any atom is -0.384 e. The molecule has 3 N–H and O–H groups in total. The molecule has 5 nitrogen and oxygen atoms in total. The van der Waals surface area contributed by atoms with Crippen LogP contribution in [0, 0.1) is 18.6 Å². The number of anilines is 1. The highest BCUT2D eigenvalue weighted by molar-refractivity contribution is 6.39. The van der Waals surface area contributed by atoms with Crippen molar-refractivity contribution in [1.82, 2.24) is 5.32 Å². The fraction of sp³-hybridized carbons (Fsp3) is 0.222. The van der Waals surface area contributed by atoms with Gasteiger partial charge in [-0.1, -0.05) is 12.1 Å². The topological polar surface area (TPSA) is 78.4 Å². The molecule has 2 aromatic carbocycles. The Hall–Kier alpha value is -2.80. The van der Waals surface area contributed by atoms with Gasteiger partial charge in [0.1, 0.15) is 17.2 Å². The molecule has 0 aliphatic rings. The predicted octanol–water partition coefficient (Wildman–Crippen LogP) is 2.24. The van der Waals surface area contributed by atoms with Crippen LogP contribution in [0.15, 0.2) is 42.5 Å². The maximum Gasteiger partial charge on any atom is 0.313 e. The van der Waals surface area contributed by atoms with Crippen molar-refractivity contribution in [3.63, 3.8) is 0 Å². The molecule has 1 unspecified atom stereocenters. The molecule has 0 bridgehead atoms. The van der Waals surface area contributed by atoms with Crippen LogP contribution in [0.4, 0.5) is 14.5 Å². The van der Waals surface area contributed by atoms with E-state index in [0.717, 1.165) is 0 Å². The fourth-order valence-electron chi connectivity index (χ4n) is 2.15. The first-order chi connectivity index (χ1) is 11.7. The molecule has 0 radical (unpaired) electrons. The Balaban J connectivity index is 1.95. The average molecular weight is 348 g/mol. The van der Waals surface area contributed by atoms with Gasteiger partial charge in [0.25, 0.3) is 0 Å². The van der Waals surface area contributed by atoms with Crippen LogP contribution in [0.25, 0.3) is 0 Å². The summed E-state index contributed by atoms with van der Waals surface area (Å²) in [6.07, 6.45) is 0. The number of benzene rings is 2. The number of carbonyl (C=O) groups excluding carboxylic acids is 2. The van der Waals surface area contributed by atoms with E-state index in [1.165, 1.54) is 56.3 Å². The molecule has 1 atom stereocenters. The summed E-state index contributed by atoms with van der Waals surface area (Å²) < 4.78 is 26.1. The number of nitrogens with one attached hydrogen (secondary N) is 2. The summed E-state index contributed by atoms with van der Waals surface area (Å²) in [6, 6.07) is 9.08. The van der Waals surface area contributed by atoms with Gasteiger partial charge >= 0.3 is 11.8 Å². The lowest BCUT2D eigenvalue weighted by Crippen LogP contribution is -2.43. The molecule has 132 valence electrons. The molecule has 2 amide bonds. The van der Waals surface area contributed by atoms with Gasteiger partial charge in [0, 0.05) is 5.69 Å². The van der Waals surface area contributed by atoms with Crippen molar-refractivity contribution in [3.8, 4) is 0 Å². The zero-order chi connectivity index (χ0) is 18.6. The minimum absolute atomic E-state index is 0.243. The highest BCUT2D eigenvalue weighted by atomic mass is 19.1. The second-order valence-corrected chi connectivity index (χ2v) is 5.88. The van der Waals surface area contributed by atoms with Crippen LogP contribution in [0.2, 0.25) is 0 Å². The summed E-state index contributed by atoms with van der Waals surface area (Å²) in [7, 11) is 0. The maximum absolute atomic E-state index is 13.2. The maximum atomic E-state index is 13.2. The Morgan fingerprint density at radius 3 is 2.32 bits per heavy atom. The van der Waals surface area contributed by atoms with Gasteiger partial charge in [-0.05, 0) is 55.3 Å². The summed E-state index contributed by atoms with van der Waals surface area (Å²) in [6.45, 7) is 2.72. The Bertz CT molecular complexity index is 789. The predicted molar refractivity (Wildman–Crippen MR) is 88.7 cm³/mol. The van der Waals surface area contributed by atoms with Crippen LogP contribution in [0.5, 0.6) is 0 Å². The molecule has 2 rings (SSSR count). The van der Waals surface area contributed by atoms with Crippen molar-refractivity contribution in [2.24, 2.45) is 0 Å². The molecular weight excluding hydrogens is 330 g/mol. The first-order valence-corrected chi connectivity index (χ1v) is 7.53. The third-order valence-electron chi connectivity index (χ3n) is 3.68. The molecule has 0 fully saturated rings. The molecule has 0 heterocycles. The number of aryl methyl sites for hydroxylation is 1. The van der Waals surface area contributed by atoms with E-state index in [1.807, 2.05) is 0 Å². The quantitative estimate of drug-likeness (QED) is 0.742. The highest BCUT2D eigenvalue weighted by Crippen LogP contribution is 2.20. The summed E-state index contributed by atoms with van der Waals surface area (Å²) in [5.74, 6) is -2.76. The Kier molecular flexibility index (Phi) is 5.48. The third-order valence-corrected chi connectivity index (χ3v) is 3.68. The van der Waals surface area contributed by atoms with Crippen molar-refractivity contribution in [3.05, 3.63) is 65.2 Å².